The summed E-state index contributed by atoms with van der Waals surface area (Å²) in [5.41, 5.74) is 6.58. The predicted molar refractivity (Wildman–Crippen MR) is 53.0 cm³/mol. The molecule has 0 aliphatic heterocycles. The highest BCUT2D eigenvalue weighted by Gasteiger charge is 2.08. The van der Waals surface area contributed by atoms with Crippen molar-refractivity contribution in [2.75, 3.05) is 0 Å². The summed E-state index contributed by atoms with van der Waals surface area (Å²) in [7, 11) is 0. The van der Waals surface area contributed by atoms with Crippen LogP contribution in [-0.2, 0) is 0 Å². The SMILES string of the molecule is CC[C@@H](N)c1ccc(Br)cc1O. The van der Waals surface area contributed by atoms with E-state index in [1.165, 1.54) is 0 Å². The second-order valence-electron chi connectivity index (χ2n) is 2.72. The molecule has 0 aliphatic rings. The Kier molecular flexibility index (Phi) is 3.12. The van der Waals surface area contributed by atoms with E-state index in [9.17, 15) is 5.11 Å². The highest BCUT2D eigenvalue weighted by atomic mass is 79.9. The zero-order valence-corrected chi connectivity index (χ0v) is 8.51. The summed E-state index contributed by atoms with van der Waals surface area (Å²) < 4.78 is 0.868. The van der Waals surface area contributed by atoms with Gasteiger partial charge in [-0.05, 0) is 18.6 Å². The molecular formula is C9H12BrNO. The second-order valence-corrected chi connectivity index (χ2v) is 3.63. The van der Waals surface area contributed by atoms with Crippen molar-refractivity contribution in [3.63, 3.8) is 0 Å². The highest BCUT2D eigenvalue weighted by Crippen LogP contribution is 2.27. The lowest BCUT2D eigenvalue weighted by atomic mass is 10.0. The number of rotatable bonds is 2. The van der Waals surface area contributed by atoms with Crippen molar-refractivity contribution in [1.29, 1.82) is 0 Å². The van der Waals surface area contributed by atoms with Crippen LogP contribution in [0.2, 0.25) is 0 Å². The van der Waals surface area contributed by atoms with E-state index in [1.54, 1.807) is 6.07 Å². The number of nitrogens with two attached hydrogens (primary N) is 1. The van der Waals surface area contributed by atoms with Crippen LogP contribution in [0.1, 0.15) is 24.9 Å². The van der Waals surface area contributed by atoms with Crippen molar-refractivity contribution in [2.24, 2.45) is 5.73 Å². The third-order valence-electron chi connectivity index (χ3n) is 1.83. The third-order valence-corrected chi connectivity index (χ3v) is 2.33. The Bertz CT molecular complexity index is 275. The lowest BCUT2D eigenvalue weighted by Gasteiger charge is -2.10. The van der Waals surface area contributed by atoms with Gasteiger partial charge in [0.15, 0.2) is 0 Å². The van der Waals surface area contributed by atoms with E-state index >= 15 is 0 Å². The van der Waals surface area contributed by atoms with Gasteiger partial charge in [-0.25, -0.2) is 0 Å². The minimum atomic E-state index is -0.0712. The van der Waals surface area contributed by atoms with Crippen LogP contribution in [0.4, 0.5) is 0 Å². The fourth-order valence-electron chi connectivity index (χ4n) is 1.05. The maximum Gasteiger partial charge on any atom is 0.121 e. The first kappa shape index (κ1) is 9.55. The van der Waals surface area contributed by atoms with Crippen LogP contribution < -0.4 is 5.73 Å². The number of benzene rings is 1. The minimum Gasteiger partial charge on any atom is -0.508 e. The van der Waals surface area contributed by atoms with Crippen molar-refractivity contribution < 1.29 is 5.11 Å². The first-order chi connectivity index (χ1) is 5.65. The summed E-state index contributed by atoms with van der Waals surface area (Å²) in [5, 5.41) is 9.48. The number of phenols is 1. The van der Waals surface area contributed by atoms with E-state index in [4.69, 9.17) is 5.73 Å². The summed E-state index contributed by atoms with van der Waals surface area (Å²) in [6.45, 7) is 1.99. The van der Waals surface area contributed by atoms with Gasteiger partial charge in [0.25, 0.3) is 0 Å². The van der Waals surface area contributed by atoms with Gasteiger partial charge in [-0.3, -0.25) is 0 Å². The fraction of sp³-hybridized carbons (Fsp3) is 0.333. The molecule has 0 amide bonds. The number of halogens is 1. The zero-order valence-electron chi connectivity index (χ0n) is 6.92. The molecule has 1 aromatic carbocycles. The quantitative estimate of drug-likeness (QED) is 0.820. The second kappa shape index (κ2) is 3.92. The van der Waals surface area contributed by atoms with Gasteiger partial charge in [0.2, 0.25) is 0 Å². The lowest BCUT2D eigenvalue weighted by Crippen LogP contribution is -2.08. The van der Waals surface area contributed by atoms with Gasteiger partial charge in [0.1, 0.15) is 5.75 Å². The Balaban J connectivity index is 3.01. The molecule has 0 unspecified atom stereocenters. The van der Waals surface area contributed by atoms with E-state index in [1.807, 2.05) is 19.1 Å². The lowest BCUT2D eigenvalue weighted by molar-refractivity contribution is 0.460. The molecule has 1 atom stereocenters. The molecule has 0 aliphatic carbocycles. The Hall–Kier alpha value is -0.540. The molecule has 66 valence electrons. The molecule has 3 N–H and O–H groups in total. The van der Waals surface area contributed by atoms with Crippen molar-refractivity contribution in [3.05, 3.63) is 28.2 Å². The summed E-state index contributed by atoms with van der Waals surface area (Å²) in [6, 6.07) is 5.31. The van der Waals surface area contributed by atoms with Crippen LogP contribution in [0.15, 0.2) is 22.7 Å². The molecule has 12 heavy (non-hydrogen) atoms. The van der Waals surface area contributed by atoms with Gasteiger partial charge in [-0.1, -0.05) is 28.9 Å². The van der Waals surface area contributed by atoms with Crippen LogP contribution in [0, 0.1) is 0 Å². The summed E-state index contributed by atoms with van der Waals surface area (Å²) >= 11 is 3.27. The van der Waals surface area contributed by atoms with Gasteiger partial charge < -0.3 is 10.8 Å². The van der Waals surface area contributed by atoms with Crippen molar-refractivity contribution >= 4 is 15.9 Å². The molecule has 0 bridgehead atoms. The summed E-state index contributed by atoms with van der Waals surface area (Å²) in [4.78, 5) is 0. The Morgan fingerprint density at radius 1 is 1.58 bits per heavy atom. The van der Waals surface area contributed by atoms with Crippen LogP contribution in [0.25, 0.3) is 0 Å². The summed E-state index contributed by atoms with van der Waals surface area (Å²) in [5.74, 6) is 0.263. The molecule has 0 aromatic heterocycles. The van der Waals surface area contributed by atoms with Crippen molar-refractivity contribution in [2.45, 2.75) is 19.4 Å². The molecule has 0 saturated carbocycles. The maximum absolute atomic E-state index is 9.48. The molecule has 0 spiro atoms. The van der Waals surface area contributed by atoms with Crippen molar-refractivity contribution in [3.8, 4) is 5.75 Å². The number of hydrogen-bond acceptors (Lipinski definition) is 2. The number of phenolic OH excluding ortho intramolecular Hbond substituents is 1. The topological polar surface area (TPSA) is 46.2 Å². The molecule has 3 heteroatoms. The smallest absolute Gasteiger partial charge is 0.121 e. The van der Waals surface area contributed by atoms with Crippen LogP contribution in [0.3, 0.4) is 0 Å². The average Bonchev–Trinajstić information content (AvgIpc) is 2.03. The van der Waals surface area contributed by atoms with E-state index in [0.717, 1.165) is 16.5 Å². The standard InChI is InChI=1S/C9H12BrNO/c1-2-8(11)7-4-3-6(10)5-9(7)12/h3-5,8,12H,2,11H2,1H3/t8-/m1/s1. The molecular weight excluding hydrogens is 218 g/mol. The van der Waals surface area contributed by atoms with Gasteiger partial charge in [-0.15, -0.1) is 0 Å². The maximum atomic E-state index is 9.48. The first-order valence-electron chi connectivity index (χ1n) is 3.89. The first-order valence-corrected chi connectivity index (χ1v) is 4.68. The monoisotopic (exact) mass is 229 g/mol. The van der Waals surface area contributed by atoms with Crippen LogP contribution in [-0.4, -0.2) is 5.11 Å². The largest absolute Gasteiger partial charge is 0.508 e. The Labute approximate surface area is 80.5 Å². The Morgan fingerprint density at radius 3 is 2.75 bits per heavy atom. The van der Waals surface area contributed by atoms with Crippen molar-refractivity contribution in [1.82, 2.24) is 0 Å². The van der Waals surface area contributed by atoms with Gasteiger partial charge in [-0.2, -0.15) is 0 Å². The predicted octanol–water partition coefficient (Wildman–Crippen LogP) is 2.56. The zero-order chi connectivity index (χ0) is 9.14. The average molecular weight is 230 g/mol. The van der Waals surface area contributed by atoms with E-state index in [0.29, 0.717) is 0 Å². The normalized spacial score (nSPS) is 12.9. The molecule has 1 rings (SSSR count). The summed E-state index contributed by atoms with van der Waals surface area (Å²) in [6.07, 6.45) is 0.829. The van der Waals surface area contributed by atoms with Crippen LogP contribution in [0.5, 0.6) is 5.75 Å². The fourth-order valence-corrected chi connectivity index (χ4v) is 1.40. The highest BCUT2D eigenvalue weighted by molar-refractivity contribution is 9.10. The van der Waals surface area contributed by atoms with Crippen LogP contribution >= 0.6 is 15.9 Å². The van der Waals surface area contributed by atoms with Gasteiger partial charge >= 0.3 is 0 Å². The van der Waals surface area contributed by atoms with E-state index < -0.39 is 0 Å². The third kappa shape index (κ3) is 1.99. The minimum absolute atomic E-state index is 0.0712. The number of hydrogen-bond donors (Lipinski definition) is 2. The molecule has 2 nitrogen and oxygen atoms in total. The molecule has 0 heterocycles. The van der Waals surface area contributed by atoms with Gasteiger partial charge in [0.05, 0.1) is 0 Å². The molecule has 0 radical (unpaired) electrons. The van der Waals surface area contributed by atoms with E-state index in [2.05, 4.69) is 15.9 Å². The number of aromatic hydroxyl groups is 1. The van der Waals surface area contributed by atoms with E-state index in [-0.39, 0.29) is 11.8 Å². The van der Waals surface area contributed by atoms with Gasteiger partial charge in [0, 0.05) is 16.1 Å². The Morgan fingerprint density at radius 2 is 2.25 bits per heavy atom. The molecule has 0 saturated heterocycles. The molecule has 0 fully saturated rings. The molecule has 1 aromatic rings.